The molecule has 1 saturated heterocycles. The van der Waals surface area contributed by atoms with Gasteiger partial charge in [-0.3, -0.25) is 0 Å². The van der Waals surface area contributed by atoms with E-state index < -0.39 is 0 Å². The van der Waals surface area contributed by atoms with Crippen LogP contribution in [0, 0.1) is 0 Å². The molecule has 0 aliphatic carbocycles. The molecule has 1 fully saturated rings. The molecule has 26 heavy (non-hydrogen) atoms. The summed E-state index contributed by atoms with van der Waals surface area (Å²) in [6, 6.07) is 12.9. The normalized spacial score (nSPS) is 16.3. The number of carbonyl (C=O) groups excluding carboxylic acids is 1. The van der Waals surface area contributed by atoms with Crippen molar-refractivity contribution in [3.63, 3.8) is 0 Å². The molecule has 3 rings (SSSR count). The minimum atomic E-state index is -0.114. The van der Waals surface area contributed by atoms with Crippen molar-refractivity contribution in [1.82, 2.24) is 9.88 Å². The van der Waals surface area contributed by atoms with E-state index in [1.165, 1.54) is 0 Å². The van der Waals surface area contributed by atoms with Gasteiger partial charge in [0.1, 0.15) is 11.9 Å². The molecular formula is C20H25N3O3. The van der Waals surface area contributed by atoms with Crippen molar-refractivity contribution in [2.75, 3.05) is 25.0 Å². The zero-order chi connectivity index (χ0) is 18.2. The summed E-state index contributed by atoms with van der Waals surface area (Å²) < 4.78 is 11.5. The van der Waals surface area contributed by atoms with Crippen LogP contribution in [0.4, 0.5) is 10.5 Å². The van der Waals surface area contributed by atoms with Crippen LogP contribution in [0.15, 0.2) is 48.7 Å². The summed E-state index contributed by atoms with van der Waals surface area (Å²) in [6.45, 7) is 4.07. The maximum atomic E-state index is 12.4. The zero-order valence-electron chi connectivity index (χ0n) is 15.1. The summed E-state index contributed by atoms with van der Waals surface area (Å²) in [5.74, 6) is 1.42. The molecule has 2 aromatic rings. The second-order valence-corrected chi connectivity index (χ2v) is 6.30. The fraction of sp³-hybridized carbons (Fsp3) is 0.400. The van der Waals surface area contributed by atoms with Gasteiger partial charge in [-0.15, -0.1) is 0 Å². The molecule has 2 heterocycles. The number of nitrogens with one attached hydrogen (secondary N) is 1. The summed E-state index contributed by atoms with van der Waals surface area (Å²) in [7, 11) is 0. The Balaban J connectivity index is 1.46. The number of hydrogen-bond donors (Lipinski definition) is 1. The van der Waals surface area contributed by atoms with Gasteiger partial charge in [0.15, 0.2) is 0 Å². The quantitative estimate of drug-likeness (QED) is 0.764. The maximum Gasteiger partial charge on any atom is 0.321 e. The molecule has 1 aliphatic rings. The third kappa shape index (κ3) is 5.12. The van der Waals surface area contributed by atoms with Crippen LogP contribution in [0.5, 0.6) is 11.6 Å². The van der Waals surface area contributed by atoms with Crippen LogP contribution in [0.2, 0.25) is 0 Å². The monoisotopic (exact) mass is 355 g/mol. The largest absolute Gasteiger partial charge is 0.494 e. The summed E-state index contributed by atoms with van der Waals surface area (Å²) in [6.07, 6.45) is 4.62. The molecule has 1 aromatic carbocycles. The van der Waals surface area contributed by atoms with Crippen LogP contribution < -0.4 is 14.8 Å². The van der Waals surface area contributed by atoms with Crippen molar-refractivity contribution in [2.45, 2.75) is 32.3 Å². The average Bonchev–Trinajstić information content (AvgIpc) is 3.13. The lowest BCUT2D eigenvalue weighted by Crippen LogP contribution is -2.34. The molecule has 1 aliphatic heterocycles. The third-order valence-electron chi connectivity index (χ3n) is 4.23. The Hall–Kier alpha value is -2.76. The number of anilines is 1. The van der Waals surface area contributed by atoms with Gasteiger partial charge in [-0.2, -0.15) is 0 Å². The van der Waals surface area contributed by atoms with Gasteiger partial charge >= 0.3 is 6.03 Å². The van der Waals surface area contributed by atoms with Crippen LogP contribution in [0.3, 0.4) is 0 Å². The van der Waals surface area contributed by atoms with Gasteiger partial charge in [-0.05, 0) is 36.8 Å². The van der Waals surface area contributed by atoms with E-state index >= 15 is 0 Å². The number of pyridine rings is 1. The first-order chi connectivity index (χ1) is 12.7. The number of carbonyl (C=O) groups is 1. The fourth-order valence-corrected chi connectivity index (χ4v) is 2.77. The number of aromatic nitrogens is 1. The number of rotatable bonds is 7. The summed E-state index contributed by atoms with van der Waals surface area (Å²) in [5, 5.41) is 2.92. The number of ether oxygens (including phenoxy) is 2. The van der Waals surface area contributed by atoms with E-state index in [0.29, 0.717) is 25.6 Å². The lowest BCUT2D eigenvalue weighted by molar-refractivity contribution is 0.190. The molecule has 1 aromatic heterocycles. The first-order valence-corrected chi connectivity index (χ1v) is 9.11. The Bertz CT molecular complexity index is 691. The predicted octanol–water partition coefficient (Wildman–Crippen LogP) is 3.95. The lowest BCUT2D eigenvalue weighted by atomic mass is 10.3. The van der Waals surface area contributed by atoms with E-state index in [1.807, 2.05) is 42.5 Å². The molecule has 6 heteroatoms. The second-order valence-electron chi connectivity index (χ2n) is 6.30. The molecule has 0 radical (unpaired) electrons. The number of likely N-dealkylation sites (tertiary alicyclic amines) is 1. The Morgan fingerprint density at radius 1 is 1.27 bits per heavy atom. The third-order valence-corrected chi connectivity index (χ3v) is 4.23. The van der Waals surface area contributed by atoms with Crippen molar-refractivity contribution in [2.24, 2.45) is 0 Å². The zero-order valence-corrected chi connectivity index (χ0v) is 15.1. The van der Waals surface area contributed by atoms with Crippen LogP contribution >= 0.6 is 0 Å². The van der Waals surface area contributed by atoms with Crippen LogP contribution in [0.1, 0.15) is 26.2 Å². The van der Waals surface area contributed by atoms with E-state index in [-0.39, 0.29) is 12.1 Å². The average molecular weight is 355 g/mol. The number of hydrogen-bond acceptors (Lipinski definition) is 4. The van der Waals surface area contributed by atoms with Crippen molar-refractivity contribution in [1.29, 1.82) is 0 Å². The van der Waals surface area contributed by atoms with Crippen LogP contribution in [-0.4, -0.2) is 41.7 Å². The van der Waals surface area contributed by atoms with Crippen molar-refractivity contribution in [3.05, 3.63) is 48.7 Å². The highest BCUT2D eigenvalue weighted by Gasteiger charge is 2.27. The van der Waals surface area contributed by atoms with E-state index in [4.69, 9.17) is 9.47 Å². The smallest absolute Gasteiger partial charge is 0.321 e. The highest BCUT2D eigenvalue weighted by molar-refractivity contribution is 5.89. The SMILES string of the molecule is CCCCOc1ccc(NC(=O)N2CCC(Oc3ccccn3)C2)cc1. The lowest BCUT2D eigenvalue weighted by Gasteiger charge is -2.18. The van der Waals surface area contributed by atoms with Crippen molar-refractivity contribution >= 4 is 11.7 Å². The Labute approximate surface area is 154 Å². The van der Waals surface area contributed by atoms with Gasteiger partial charge in [-0.25, -0.2) is 9.78 Å². The molecule has 1 N–H and O–H groups in total. The molecule has 1 atom stereocenters. The van der Waals surface area contributed by atoms with Crippen molar-refractivity contribution < 1.29 is 14.3 Å². The standard InChI is InChI=1S/C20H25N3O3/c1-2-3-14-25-17-9-7-16(8-10-17)22-20(24)23-13-11-18(15-23)26-19-6-4-5-12-21-19/h4-10,12,18H,2-3,11,13-15H2,1H3,(H,22,24). The molecule has 138 valence electrons. The topological polar surface area (TPSA) is 63.7 Å². The van der Waals surface area contributed by atoms with E-state index in [2.05, 4.69) is 17.2 Å². The van der Waals surface area contributed by atoms with Gasteiger partial charge in [0.05, 0.1) is 13.2 Å². The molecular weight excluding hydrogens is 330 g/mol. The van der Waals surface area contributed by atoms with Gasteiger partial charge in [0.25, 0.3) is 0 Å². The van der Waals surface area contributed by atoms with Crippen LogP contribution in [0.25, 0.3) is 0 Å². The van der Waals surface area contributed by atoms with Crippen molar-refractivity contribution in [3.8, 4) is 11.6 Å². The second kappa shape index (κ2) is 9.08. The van der Waals surface area contributed by atoms with Crippen LogP contribution in [-0.2, 0) is 0 Å². The molecule has 0 bridgehead atoms. The summed E-state index contributed by atoms with van der Waals surface area (Å²) in [5.41, 5.74) is 0.756. The van der Waals surface area contributed by atoms with Gasteiger partial charge < -0.3 is 19.7 Å². The number of nitrogens with zero attached hydrogens (tertiary/aromatic N) is 2. The Morgan fingerprint density at radius 3 is 2.85 bits per heavy atom. The number of benzene rings is 1. The summed E-state index contributed by atoms with van der Waals surface area (Å²) >= 11 is 0. The number of urea groups is 1. The maximum absolute atomic E-state index is 12.4. The minimum absolute atomic E-state index is 0.0232. The number of amides is 2. The predicted molar refractivity (Wildman–Crippen MR) is 101 cm³/mol. The Kier molecular flexibility index (Phi) is 6.30. The van der Waals surface area contributed by atoms with E-state index in [9.17, 15) is 4.79 Å². The molecule has 6 nitrogen and oxygen atoms in total. The molecule has 0 spiro atoms. The minimum Gasteiger partial charge on any atom is -0.494 e. The summed E-state index contributed by atoms with van der Waals surface area (Å²) in [4.78, 5) is 18.3. The fourth-order valence-electron chi connectivity index (χ4n) is 2.77. The first kappa shape index (κ1) is 18.0. The van der Waals surface area contributed by atoms with Gasteiger partial charge in [0, 0.05) is 30.9 Å². The van der Waals surface area contributed by atoms with Gasteiger partial charge in [0.2, 0.25) is 5.88 Å². The van der Waals surface area contributed by atoms with E-state index in [0.717, 1.165) is 30.7 Å². The first-order valence-electron chi connectivity index (χ1n) is 9.11. The van der Waals surface area contributed by atoms with Gasteiger partial charge in [-0.1, -0.05) is 19.4 Å². The highest BCUT2D eigenvalue weighted by Crippen LogP contribution is 2.19. The molecule has 1 unspecified atom stereocenters. The Morgan fingerprint density at radius 2 is 2.12 bits per heavy atom. The molecule has 2 amide bonds. The number of unbranched alkanes of at least 4 members (excludes halogenated alkanes) is 1. The molecule has 0 saturated carbocycles. The highest BCUT2D eigenvalue weighted by atomic mass is 16.5. The van der Waals surface area contributed by atoms with E-state index in [1.54, 1.807) is 11.1 Å².